The summed E-state index contributed by atoms with van der Waals surface area (Å²) < 4.78 is 59.7. The molecule has 5 nitrogen and oxygen atoms in total. The molecule has 0 spiro atoms. The maximum Gasteiger partial charge on any atom is 0.390 e. The van der Waals surface area contributed by atoms with E-state index in [1.165, 1.54) is 0 Å². The largest absolute Gasteiger partial charge is 0.390 e. The topological polar surface area (TPSA) is 89.3 Å². The van der Waals surface area contributed by atoms with Gasteiger partial charge >= 0.3 is 6.18 Å². The quantitative estimate of drug-likeness (QED) is 0.704. The molecule has 0 saturated carbocycles. The molecule has 0 bridgehead atoms. The molecule has 0 fully saturated rings. The molecule has 17 heavy (non-hydrogen) atoms. The summed E-state index contributed by atoms with van der Waals surface area (Å²) in [5.74, 6) is -2.26. The Morgan fingerprint density at radius 2 is 1.94 bits per heavy atom. The zero-order valence-electron chi connectivity index (χ0n) is 9.25. The zero-order chi connectivity index (χ0) is 13.7. The molecule has 3 N–H and O–H groups in total. The zero-order valence-corrected chi connectivity index (χ0v) is 10.1. The van der Waals surface area contributed by atoms with Crippen LogP contribution >= 0.6 is 0 Å². The predicted molar refractivity (Wildman–Crippen MR) is 55.4 cm³/mol. The van der Waals surface area contributed by atoms with E-state index in [-0.39, 0.29) is 6.42 Å². The molecule has 102 valence electrons. The monoisotopic (exact) mass is 276 g/mol. The van der Waals surface area contributed by atoms with E-state index in [0.717, 1.165) is 0 Å². The van der Waals surface area contributed by atoms with Crippen LogP contribution < -0.4 is 10.5 Å². The van der Waals surface area contributed by atoms with Gasteiger partial charge in [-0.1, -0.05) is 6.92 Å². The summed E-state index contributed by atoms with van der Waals surface area (Å²) in [6, 6.07) is 0. The first kappa shape index (κ1) is 16.2. The van der Waals surface area contributed by atoms with Gasteiger partial charge in [0.25, 0.3) is 0 Å². The molecule has 0 rings (SSSR count). The van der Waals surface area contributed by atoms with Crippen LogP contribution in [0.15, 0.2) is 0 Å². The van der Waals surface area contributed by atoms with Crippen LogP contribution in [0.1, 0.15) is 19.8 Å². The lowest BCUT2D eigenvalue weighted by molar-refractivity contribution is -0.132. The van der Waals surface area contributed by atoms with E-state index in [0.29, 0.717) is 0 Å². The van der Waals surface area contributed by atoms with Crippen molar-refractivity contribution in [1.82, 2.24) is 4.72 Å². The van der Waals surface area contributed by atoms with Crippen molar-refractivity contribution in [3.8, 4) is 0 Å². The molecule has 1 unspecified atom stereocenters. The highest BCUT2D eigenvalue weighted by Crippen LogP contribution is 2.18. The SMILES string of the molecule is CCC(CS(=O)(=O)NCCC(F)(F)F)C(N)=O. The normalized spacial score (nSPS) is 14.6. The van der Waals surface area contributed by atoms with Crippen molar-refractivity contribution in [3.05, 3.63) is 0 Å². The number of carbonyl (C=O) groups is 1. The van der Waals surface area contributed by atoms with Crippen LogP contribution in [0.3, 0.4) is 0 Å². The third-order valence-corrected chi connectivity index (χ3v) is 3.53. The lowest BCUT2D eigenvalue weighted by Crippen LogP contribution is -2.36. The lowest BCUT2D eigenvalue weighted by atomic mass is 10.1. The van der Waals surface area contributed by atoms with Crippen molar-refractivity contribution < 1.29 is 26.4 Å². The van der Waals surface area contributed by atoms with Crippen LogP contribution in [0.4, 0.5) is 13.2 Å². The van der Waals surface area contributed by atoms with E-state index in [1.54, 1.807) is 11.6 Å². The molecule has 0 saturated heterocycles. The van der Waals surface area contributed by atoms with Gasteiger partial charge in [-0.15, -0.1) is 0 Å². The lowest BCUT2D eigenvalue weighted by Gasteiger charge is -2.12. The van der Waals surface area contributed by atoms with Crippen LogP contribution in [-0.4, -0.2) is 32.8 Å². The summed E-state index contributed by atoms with van der Waals surface area (Å²) in [6.07, 6.45) is -5.45. The van der Waals surface area contributed by atoms with Gasteiger partial charge in [-0.2, -0.15) is 13.2 Å². The molecule has 0 aliphatic carbocycles. The average molecular weight is 276 g/mol. The van der Waals surface area contributed by atoms with Crippen LogP contribution in [0.2, 0.25) is 0 Å². The number of hydrogen-bond acceptors (Lipinski definition) is 3. The summed E-state index contributed by atoms with van der Waals surface area (Å²) in [4.78, 5) is 10.8. The maximum absolute atomic E-state index is 11.8. The number of alkyl halides is 3. The van der Waals surface area contributed by atoms with Gasteiger partial charge in [-0.3, -0.25) is 4.79 Å². The molecule has 0 aromatic rings. The minimum absolute atomic E-state index is 0.218. The Hall–Kier alpha value is -0.830. The third-order valence-electron chi connectivity index (χ3n) is 2.05. The minimum Gasteiger partial charge on any atom is -0.369 e. The number of halogens is 3. The molecular weight excluding hydrogens is 261 g/mol. The van der Waals surface area contributed by atoms with Gasteiger partial charge in [-0.05, 0) is 6.42 Å². The maximum atomic E-state index is 11.8. The average Bonchev–Trinajstić information content (AvgIpc) is 2.11. The van der Waals surface area contributed by atoms with Crippen molar-refractivity contribution in [3.63, 3.8) is 0 Å². The number of hydrogen-bond donors (Lipinski definition) is 2. The Balaban J connectivity index is 4.26. The van der Waals surface area contributed by atoms with E-state index < -0.39 is 46.7 Å². The fraction of sp³-hybridized carbons (Fsp3) is 0.875. The number of sulfonamides is 1. The Morgan fingerprint density at radius 1 is 1.41 bits per heavy atom. The molecular formula is C8H15F3N2O3S. The second kappa shape index (κ2) is 6.20. The van der Waals surface area contributed by atoms with Gasteiger partial charge in [0.2, 0.25) is 15.9 Å². The van der Waals surface area contributed by atoms with Gasteiger partial charge < -0.3 is 5.73 Å². The number of primary amides is 1. The number of nitrogens with one attached hydrogen (secondary N) is 1. The van der Waals surface area contributed by atoms with E-state index >= 15 is 0 Å². The predicted octanol–water partition coefficient (Wildman–Crippen LogP) is 0.370. The first-order valence-corrected chi connectivity index (χ1v) is 6.56. The Morgan fingerprint density at radius 3 is 2.29 bits per heavy atom. The van der Waals surface area contributed by atoms with Crippen molar-refractivity contribution in [1.29, 1.82) is 0 Å². The van der Waals surface area contributed by atoms with Crippen LogP contribution in [-0.2, 0) is 14.8 Å². The summed E-state index contributed by atoms with van der Waals surface area (Å²) in [5, 5.41) is 0. The molecule has 0 radical (unpaired) electrons. The summed E-state index contributed by atoms with van der Waals surface area (Å²) in [7, 11) is -3.91. The summed E-state index contributed by atoms with van der Waals surface area (Å²) in [5.41, 5.74) is 4.94. The fourth-order valence-electron chi connectivity index (χ4n) is 1.07. The smallest absolute Gasteiger partial charge is 0.369 e. The van der Waals surface area contributed by atoms with Crippen molar-refractivity contribution in [2.75, 3.05) is 12.3 Å². The first-order valence-electron chi connectivity index (χ1n) is 4.91. The summed E-state index contributed by atoms with van der Waals surface area (Å²) in [6.45, 7) is 0.835. The van der Waals surface area contributed by atoms with Gasteiger partial charge in [0.15, 0.2) is 0 Å². The van der Waals surface area contributed by atoms with Crippen molar-refractivity contribution in [2.45, 2.75) is 25.9 Å². The van der Waals surface area contributed by atoms with Crippen LogP contribution in [0, 0.1) is 5.92 Å². The molecule has 1 amide bonds. The van der Waals surface area contributed by atoms with Crippen LogP contribution in [0.5, 0.6) is 0 Å². The summed E-state index contributed by atoms with van der Waals surface area (Å²) >= 11 is 0. The standard InChI is InChI=1S/C8H15F3N2O3S/c1-2-6(7(12)14)5-17(15,16)13-4-3-8(9,10)11/h6,13H,2-5H2,1H3,(H2,12,14). The highest BCUT2D eigenvalue weighted by Gasteiger charge is 2.28. The second-order valence-electron chi connectivity index (χ2n) is 3.55. The number of carbonyl (C=O) groups excluding carboxylic acids is 1. The highest BCUT2D eigenvalue weighted by molar-refractivity contribution is 7.89. The molecule has 0 aromatic carbocycles. The van der Waals surface area contributed by atoms with Crippen molar-refractivity contribution >= 4 is 15.9 Å². The van der Waals surface area contributed by atoms with Gasteiger partial charge in [0.1, 0.15) is 0 Å². The van der Waals surface area contributed by atoms with Crippen LogP contribution in [0.25, 0.3) is 0 Å². The van der Waals surface area contributed by atoms with Gasteiger partial charge in [-0.25, -0.2) is 13.1 Å². The Labute approximate surface area is 97.6 Å². The van der Waals surface area contributed by atoms with E-state index in [4.69, 9.17) is 5.73 Å². The fourth-order valence-corrected chi connectivity index (χ4v) is 2.53. The number of amides is 1. The van der Waals surface area contributed by atoms with E-state index in [2.05, 4.69) is 0 Å². The molecule has 9 heteroatoms. The molecule has 1 atom stereocenters. The molecule has 0 heterocycles. The van der Waals surface area contributed by atoms with Gasteiger partial charge in [0.05, 0.1) is 18.1 Å². The Kier molecular flexibility index (Phi) is 5.89. The molecule has 0 aromatic heterocycles. The first-order chi connectivity index (χ1) is 7.57. The van der Waals surface area contributed by atoms with Gasteiger partial charge in [0, 0.05) is 6.54 Å². The molecule has 0 aliphatic rings. The van der Waals surface area contributed by atoms with E-state index in [9.17, 15) is 26.4 Å². The number of rotatable bonds is 7. The Bertz CT molecular complexity index is 354. The van der Waals surface area contributed by atoms with E-state index in [1.807, 2.05) is 0 Å². The number of nitrogens with two attached hydrogens (primary N) is 1. The highest BCUT2D eigenvalue weighted by atomic mass is 32.2. The van der Waals surface area contributed by atoms with Crippen molar-refractivity contribution in [2.24, 2.45) is 11.7 Å². The molecule has 0 aliphatic heterocycles. The second-order valence-corrected chi connectivity index (χ2v) is 5.40. The third kappa shape index (κ3) is 7.97. The minimum atomic E-state index is -4.42.